The lowest BCUT2D eigenvalue weighted by Crippen LogP contribution is -1.99. The highest BCUT2D eigenvalue weighted by Crippen LogP contribution is 2.22. The van der Waals surface area contributed by atoms with Gasteiger partial charge in [-0.05, 0) is 30.3 Å². The SMILES string of the molecule is O=C(O)c1cc(Oc2ccc(-n3ccnc3)cc2)ccn1. The number of carbonyl (C=O) groups is 1. The molecule has 3 aromatic rings. The number of pyridine rings is 1. The van der Waals surface area contributed by atoms with Gasteiger partial charge in [-0.1, -0.05) is 0 Å². The highest BCUT2D eigenvalue weighted by Gasteiger charge is 2.06. The highest BCUT2D eigenvalue weighted by molar-refractivity contribution is 5.85. The first-order valence-electron chi connectivity index (χ1n) is 6.18. The van der Waals surface area contributed by atoms with E-state index in [2.05, 4.69) is 9.97 Å². The first-order valence-corrected chi connectivity index (χ1v) is 6.18. The number of imidazole rings is 1. The van der Waals surface area contributed by atoms with Crippen LogP contribution in [0.2, 0.25) is 0 Å². The van der Waals surface area contributed by atoms with Crippen LogP contribution in [0.25, 0.3) is 5.69 Å². The van der Waals surface area contributed by atoms with Gasteiger partial charge in [-0.25, -0.2) is 14.8 Å². The van der Waals surface area contributed by atoms with Crippen LogP contribution in [0.1, 0.15) is 10.5 Å². The number of rotatable bonds is 4. The van der Waals surface area contributed by atoms with Crippen LogP contribution in [0.15, 0.2) is 61.3 Å². The molecule has 2 heterocycles. The molecule has 0 aliphatic rings. The Bertz CT molecular complexity index is 752. The first-order chi connectivity index (χ1) is 10.2. The Morgan fingerprint density at radius 1 is 1.10 bits per heavy atom. The third-order valence-corrected chi connectivity index (χ3v) is 2.83. The van der Waals surface area contributed by atoms with Gasteiger partial charge in [-0.15, -0.1) is 0 Å². The summed E-state index contributed by atoms with van der Waals surface area (Å²) in [5.74, 6) is -0.0462. The van der Waals surface area contributed by atoms with E-state index in [1.165, 1.54) is 12.3 Å². The van der Waals surface area contributed by atoms with Crippen molar-refractivity contribution in [1.82, 2.24) is 14.5 Å². The lowest BCUT2D eigenvalue weighted by molar-refractivity contribution is 0.0690. The zero-order valence-electron chi connectivity index (χ0n) is 10.9. The zero-order chi connectivity index (χ0) is 14.7. The number of carboxylic acid groups (broad SMARTS) is 1. The Balaban J connectivity index is 1.79. The van der Waals surface area contributed by atoms with Gasteiger partial charge in [-0.3, -0.25) is 0 Å². The second-order valence-corrected chi connectivity index (χ2v) is 4.25. The van der Waals surface area contributed by atoms with Crippen molar-refractivity contribution < 1.29 is 14.6 Å². The van der Waals surface area contributed by atoms with E-state index in [1.54, 1.807) is 30.7 Å². The topological polar surface area (TPSA) is 77.2 Å². The summed E-state index contributed by atoms with van der Waals surface area (Å²) in [6, 6.07) is 10.4. The van der Waals surface area contributed by atoms with Gasteiger partial charge in [0.25, 0.3) is 0 Å². The predicted octanol–water partition coefficient (Wildman–Crippen LogP) is 2.76. The van der Waals surface area contributed by atoms with Crippen LogP contribution in [0.4, 0.5) is 0 Å². The molecule has 0 aliphatic heterocycles. The summed E-state index contributed by atoms with van der Waals surface area (Å²) in [7, 11) is 0. The lowest BCUT2D eigenvalue weighted by atomic mass is 10.3. The van der Waals surface area contributed by atoms with E-state index >= 15 is 0 Å². The molecular formula is C15H11N3O3. The number of aromatic nitrogens is 3. The van der Waals surface area contributed by atoms with E-state index < -0.39 is 5.97 Å². The van der Waals surface area contributed by atoms with E-state index in [1.807, 2.05) is 22.9 Å². The molecule has 3 rings (SSSR count). The summed E-state index contributed by atoms with van der Waals surface area (Å²) in [4.78, 5) is 18.6. The fraction of sp³-hybridized carbons (Fsp3) is 0. The van der Waals surface area contributed by atoms with Crippen LogP contribution in [-0.4, -0.2) is 25.6 Å². The molecule has 6 nitrogen and oxygen atoms in total. The minimum absolute atomic E-state index is 0.0532. The molecule has 0 radical (unpaired) electrons. The Morgan fingerprint density at radius 2 is 1.90 bits per heavy atom. The fourth-order valence-electron chi connectivity index (χ4n) is 1.83. The van der Waals surface area contributed by atoms with E-state index in [0.29, 0.717) is 11.5 Å². The normalized spacial score (nSPS) is 10.3. The molecule has 21 heavy (non-hydrogen) atoms. The molecule has 1 aromatic carbocycles. The Morgan fingerprint density at radius 3 is 2.57 bits per heavy atom. The van der Waals surface area contributed by atoms with E-state index in [-0.39, 0.29) is 5.69 Å². The van der Waals surface area contributed by atoms with Crippen LogP contribution < -0.4 is 4.74 Å². The largest absolute Gasteiger partial charge is 0.477 e. The van der Waals surface area contributed by atoms with Crippen LogP contribution >= 0.6 is 0 Å². The van der Waals surface area contributed by atoms with Crippen molar-refractivity contribution in [2.24, 2.45) is 0 Å². The van der Waals surface area contributed by atoms with Gasteiger partial charge in [0, 0.05) is 30.3 Å². The van der Waals surface area contributed by atoms with E-state index in [9.17, 15) is 4.79 Å². The number of ether oxygens (including phenoxy) is 1. The van der Waals surface area contributed by atoms with Crippen molar-refractivity contribution in [3.63, 3.8) is 0 Å². The molecule has 104 valence electrons. The summed E-state index contributed by atoms with van der Waals surface area (Å²) in [6.07, 6.45) is 6.66. The molecule has 6 heteroatoms. The predicted molar refractivity (Wildman–Crippen MR) is 74.8 cm³/mol. The van der Waals surface area contributed by atoms with Gasteiger partial charge in [0.05, 0.1) is 6.33 Å². The molecule has 1 N–H and O–H groups in total. The molecule has 0 saturated carbocycles. The van der Waals surface area contributed by atoms with Crippen molar-refractivity contribution >= 4 is 5.97 Å². The van der Waals surface area contributed by atoms with Crippen molar-refractivity contribution in [2.75, 3.05) is 0 Å². The average molecular weight is 281 g/mol. The second kappa shape index (κ2) is 5.46. The van der Waals surface area contributed by atoms with Crippen molar-refractivity contribution in [3.05, 3.63) is 67.0 Å². The third kappa shape index (κ3) is 2.89. The number of hydrogen-bond donors (Lipinski definition) is 1. The molecule has 0 unspecified atom stereocenters. The Kier molecular flexibility index (Phi) is 3.34. The summed E-state index contributed by atoms with van der Waals surface area (Å²) in [5, 5.41) is 8.89. The highest BCUT2D eigenvalue weighted by atomic mass is 16.5. The van der Waals surface area contributed by atoms with Gasteiger partial charge in [0.2, 0.25) is 0 Å². The molecular weight excluding hydrogens is 270 g/mol. The van der Waals surface area contributed by atoms with Crippen LogP contribution in [0.3, 0.4) is 0 Å². The number of hydrogen-bond acceptors (Lipinski definition) is 4. The smallest absolute Gasteiger partial charge is 0.354 e. The third-order valence-electron chi connectivity index (χ3n) is 2.83. The molecule has 0 aliphatic carbocycles. The Hall–Kier alpha value is -3.15. The number of carboxylic acids is 1. The Labute approximate surface area is 120 Å². The molecule has 0 bridgehead atoms. The minimum Gasteiger partial charge on any atom is -0.477 e. The maximum Gasteiger partial charge on any atom is 0.354 e. The van der Waals surface area contributed by atoms with Gasteiger partial charge >= 0.3 is 5.97 Å². The molecule has 0 atom stereocenters. The van der Waals surface area contributed by atoms with E-state index in [4.69, 9.17) is 9.84 Å². The zero-order valence-corrected chi connectivity index (χ0v) is 10.9. The second-order valence-electron chi connectivity index (χ2n) is 4.25. The number of aromatic carboxylic acids is 1. The molecule has 2 aromatic heterocycles. The lowest BCUT2D eigenvalue weighted by Gasteiger charge is -2.07. The first kappa shape index (κ1) is 12.9. The quantitative estimate of drug-likeness (QED) is 0.795. The van der Waals surface area contributed by atoms with Crippen molar-refractivity contribution in [3.8, 4) is 17.2 Å². The van der Waals surface area contributed by atoms with Crippen LogP contribution in [0.5, 0.6) is 11.5 Å². The summed E-state index contributed by atoms with van der Waals surface area (Å²) in [6.45, 7) is 0. The molecule has 0 fully saturated rings. The van der Waals surface area contributed by atoms with Crippen molar-refractivity contribution in [1.29, 1.82) is 0 Å². The fourth-order valence-corrected chi connectivity index (χ4v) is 1.83. The molecule has 0 amide bonds. The standard InChI is InChI=1S/C15H11N3O3/c19-15(20)14-9-13(5-6-17-14)21-12-3-1-11(2-4-12)18-8-7-16-10-18/h1-10H,(H,19,20). The van der Waals surface area contributed by atoms with Gasteiger partial charge in [0.1, 0.15) is 11.5 Å². The average Bonchev–Trinajstić information content (AvgIpc) is 3.02. The van der Waals surface area contributed by atoms with Gasteiger partial charge < -0.3 is 14.4 Å². The minimum atomic E-state index is -1.09. The molecule has 0 spiro atoms. The molecule has 0 saturated heterocycles. The number of benzene rings is 1. The summed E-state index contributed by atoms with van der Waals surface area (Å²) >= 11 is 0. The maximum atomic E-state index is 10.9. The van der Waals surface area contributed by atoms with E-state index in [0.717, 1.165) is 5.69 Å². The monoisotopic (exact) mass is 281 g/mol. The van der Waals surface area contributed by atoms with Crippen molar-refractivity contribution in [2.45, 2.75) is 0 Å². The van der Waals surface area contributed by atoms with Gasteiger partial charge in [-0.2, -0.15) is 0 Å². The van der Waals surface area contributed by atoms with Gasteiger partial charge in [0.15, 0.2) is 5.69 Å². The van der Waals surface area contributed by atoms with Crippen LogP contribution in [-0.2, 0) is 0 Å². The number of nitrogens with zero attached hydrogens (tertiary/aromatic N) is 3. The maximum absolute atomic E-state index is 10.9. The van der Waals surface area contributed by atoms with Crippen LogP contribution in [0, 0.1) is 0 Å². The summed E-state index contributed by atoms with van der Waals surface area (Å²) < 4.78 is 7.49. The summed E-state index contributed by atoms with van der Waals surface area (Å²) in [5.41, 5.74) is 0.906.